The molecule has 2 aromatic carbocycles. The molecule has 5 N–H and O–H groups in total. The van der Waals surface area contributed by atoms with Gasteiger partial charge >= 0.3 is 0 Å². The number of imidazole rings is 1. The number of aromatic hydroxyl groups is 1. The minimum Gasteiger partial charge on any atom is -0.506 e. The van der Waals surface area contributed by atoms with Crippen LogP contribution < -0.4 is 11.1 Å². The molecule has 38 heavy (non-hydrogen) atoms. The number of aliphatic hydroxyl groups is 1. The predicted molar refractivity (Wildman–Crippen MR) is 145 cm³/mol. The number of nitrogens with one attached hydrogen (secondary N) is 1. The second-order valence-electron chi connectivity index (χ2n) is 9.84. The highest BCUT2D eigenvalue weighted by Crippen LogP contribution is 2.33. The van der Waals surface area contributed by atoms with E-state index in [4.69, 9.17) is 22.4 Å². The summed E-state index contributed by atoms with van der Waals surface area (Å²) in [5.74, 6) is 0.221. The van der Waals surface area contributed by atoms with Gasteiger partial charge in [0.25, 0.3) is 5.91 Å². The first-order valence-corrected chi connectivity index (χ1v) is 12.9. The van der Waals surface area contributed by atoms with Gasteiger partial charge in [-0.2, -0.15) is 5.10 Å². The maximum absolute atomic E-state index is 13.0. The van der Waals surface area contributed by atoms with E-state index in [0.717, 1.165) is 52.9 Å². The van der Waals surface area contributed by atoms with E-state index in [1.807, 2.05) is 34.2 Å². The number of carbonyl (C=O) groups is 1. The van der Waals surface area contributed by atoms with E-state index < -0.39 is 6.23 Å². The number of fused-ring (bicyclic) bond motifs is 4. The largest absolute Gasteiger partial charge is 0.506 e. The SMILES string of the molecule is Cc1ccc(O)c2c3c(nn12)CC[C@H](CNC(=O)c1ccc(-n2cnc4cc(C(N)O)ccc42)cc1Cl)C3. The Hall–Kier alpha value is -3.92. The summed E-state index contributed by atoms with van der Waals surface area (Å²) in [6.07, 6.45) is 3.04. The van der Waals surface area contributed by atoms with Crippen LogP contribution in [0.4, 0.5) is 0 Å². The van der Waals surface area contributed by atoms with Gasteiger partial charge < -0.3 is 21.3 Å². The summed E-state index contributed by atoms with van der Waals surface area (Å²) in [4.78, 5) is 17.4. The number of nitrogens with two attached hydrogens (primary N) is 1. The van der Waals surface area contributed by atoms with Crippen LogP contribution in [-0.4, -0.2) is 41.8 Å². The van der Waals surface area contributed by atoms with Crippen LogP contribution in [0.15, 0.2) is 54.9 Å². The van der Waals surface area contributed by atoms with Crippen molar-refractivity contribution in [2.75, 3.05) is 6.54 Å². The van der Waals surface area contributed by atoms with Crippen molar-refractivity contribution in [3.63, 3.8) is 0 Å². The first-order valence-electron chi connectivity index (χ1n) is 12.5. The molecule has 2 atom stereocenters. The Balaban J connectivity index is 1.17. The van der Waals surface area contributed by atoms with Gasteiger partial charge in [-0.15, -0.1) is 0 Å². The van der Waals surface area contributed by atoms with Gasteiger partial charge in [0.2, 0.25) is 0 Å². The molecular weight excluding hydrogens is 504 g/mol. The number of aryl methyl sites for hydroxylation is 2. The van der Waals surface area contributed by atoms with Crippen LogP contribution >= 0.6 is 11.6 Å². The van der Waals surface area contributed by atoms with Crippen molar-refractivity contribution in [3.8, 4) is 11.4 Å². The van der Waals surface area contributed by atoms with Crippen LogP contribution in [0.3, 0.4) is 0 Å². The molecule has 0 saturated heterocycles. The number of rotatable bonds is 5. The smallest absolute Gasteiger partial charge is 0.252 e. The van der Waals surface area contributed by atoms with Crippen molar-refractivity contribution in [3.05, 3.63) is 88.0 Å². The quantitative estimate of drug-likeness (QED) is 0.255. The zero-order valence-electron chi connectivity index (χ0n) is 20.7. The lowest BCUT2D eigenvalue weighted by molar-refractivity contribution is 0.0946. The Morgan fingerprint density at radius 2 is 2.08 bits per heavy atom. The molecule has 3 heterocycles. The van der Waals surface area contributed by atoms with Gasteiger partial charge in [0.05, 0.1) is 27.3 Å². The predicted octanol–water partition coefficient (Wildman–Crippen LogP) is 3.83. The molecule has 0 aliphatic heterocycles. The maximum Gasteiger partial charge on any atom is 0.252 e. The second kappa shape index (κ2) is 9.43. The first-order chi connectivity index (χ1) is 18.3. The molecule has 6 rings (SSSR count). The number of amides is 1. The molecule has 3 aromatic heterocycles. The number of hydrogen-bond donors (Lipinski definition) is 4. The molecule has 0 fully saturated rings. The number of aliphatic hydroxyl groups excluding tert-OH is 1. The molecule has 1 aliphatic rings. The third-order valence-corrected chi connectivity index (χ3v) is 7.66. The van der Waals surface area contributed by atoms with Crippen molar-refractivity contribution in [2.45, 2.75) is 32.4 Å². The fourth-order valence-corrected chi connectivity index (χ4v) is 5.53. The highest BCUT2D eigenvalue weighted by atomic mass is 35.5. The van der Waals surface area contributed by atoms with E-state index >= 15 is 0 Å². The standard InChI is InChI=1S/C28H27ClN6O3/c1-15-2-9-25(36)26-20-10-16(3-7-22(20)33-35(15)26)13-31-28(38)19-6-5-18(12-21(19)29)34-14-32-23-11-17(27(30)37)4-8-24(23)34/h2,4-6,8-9,11-12,14,16,27,36-37H,3,7,10,13,30H2,1H3,(H,31,38)/t16-,27?/m0/s1. The summed E-state index contributed by atoms with van der Waals surface area (Å²) in [5, 5.41) is 28.1. The molecular formula is C28H27ClN6O3. The maximum atomic E-state index is 13.0. The first kappa shape index (κ1) is 24.4. The van der Waals surface area contributed by atoms with Gasteiger partial charge in [0.15, 0.2) is 0 Å². The number of aromatic nitrogens is 4. The minimum atomic E-state index is -1.07. The second-order valence-corrected chi connectivity index (χ2v) is 10.2. The van der Waals surface area contributed by atoms with Crippen LogP contribution in [0.1, 0.15) is 45.5 Å². The van der Waals surface area contributed by atoms with Gasteiger partial charge in [0, 0.05) is 23.5 Å². The summed E-state index contributed by atoms with van der Waals surface area (Å²) in [6.45, 7) is 2.47. The van der Waals surface area contributed by atoms with Crippen LogP contribution in [0, 0.1) is 12.8 Å². The van der Waals surface area contributed by atoms with Crippen molar-refractivity contribution >= 4 is 34.1 Å². The number of nitrogens with zero attached hydrogens (tertiary/aromatic N) is 4. The van der Waals surface area contributed by atoms with Gasteiger partial charge in [-0.25, -0.2) is 9.50 Å². The van der Waals surface area contributed by atoms with Gasteiger partial charge in [-0.3, -0.25) is 9.36 Å². The monoisotopic (exact) mass is 530 g/mol. The summed E-state index contributed by atoms with van der Waals surface area (Å²) >= 11 is 6.55. The summed E-state index contributed by atoms with van der Waals surface area (Å²) in [7, 11) is 0. The van der Waals surface area contributed by atoms with Crippen molar-refractivity contribution < 1.29 is 15.0 Å². The van der Waals surface area contributed by atoms with Crippen LogP contribution in [-0.2, 0) is 12.8 Å². The van der Waals surface area contributed by atoms with E-state index in [2.05, 4.69) is 10.3 Å². The molecule has 0 spiro atoms. The number of halogens is 1. The molecule has 10 heteroatoms. The molecule has 0 saturated carbocycles. The van der Waals surface area contributed by atoms with E-state index in [0.29, 0.717) is 28.2 Å². The summed E-state index contributed by atoms with van der Waals surface area (Å²) < 4.78 is 3.68. The fourth-order valence-electron chi connectivity index (χ4n) is 5.27. The van der Waals surface area contributed by atoms with E-state index in [1.165, 1.54) is 0 Å². The average molecular weight is 531 g/mol. The van der Waals surface area contributed by atoms with Crippen molar-refractivity contribution in [2.24, 2.45) is 11.7 Å². The summed E-state index contributed by atoms with van der Waals surface area (Å²) in [6, 6.07) is 14.2. The zero-order chi connectivity index (χ0) is 26.6. The fraction of sp³-hybridized carbons (Fsp3) is 0.250. The van der Waals surface area contributed by atoms with Crippen molar-refractivity contribution in [1.29, 1.82) is 0 Å². The van der Waals surface area contributed by atoms with Crippen molar-refractivity contribution in [1.82, 2.24) is 24.5 Å². The summed E-state index contributed by atoms with van der Waals surface area (Å²) in [5.41, 5.74) is 12.6. The van der Waals surface area contributed by atoms with Crippen LogP contribution in [0.5, 0.6) is 5.75 Å². The molecule has 1 amide bonds. The Bertz CT molecular complexity index is 1710. The highest BCUT2D eigenvalue weighted by molar-refractivity contribution is 6.34. The topological polar surface area (TPSA) is 131 Å². The third kappa shape index (κ3) is 4.18. The zero-order valence-corrected chi connectivity index (χ0v) is 21.5. The lowest BCUT2D eigenvalue weighted by Gasteiger charge is -2.22. The molecule has 194 valence electrons. The third-order valence-electron chi connectivity index (χ3n) is 7.35. The van der Waals surface area contributed by atoms with Crippen LogP contribution in [0.2, 0.25) is 5.02 Å². The molecule has 5 aromatic rings. The number of hydrogen-bond acceptors (Lipinski definition) is 6. The van der Waals surface area contributed by atoms with E-state index in [-0.39, 0.29) is 17.6 Å². The number of carbonyl (C=O) groups excluding carboxylic acids is 1. The number of pyridine rings is 1. The van der Waals surface area contributed by atoms with Gasteiger partial charge in [-0.1, -0.05) is 17.7 Å². The lowest BCUT2D eigenvalue weighted by Crippen LogP contribution is -2.32. The van der Waals surface area contributed by atoms with Gasteiger partial charge in [0.1, 0.15) is 23.8 Å². The molecule has 0 bridgehead atoms. The Morgan fingerprint density at radius 3 is 2.87 bits per heavy atom. The van der Waals surface area contributed by atoms with Gasteiger partial charge in [-0.05, 0) is 80.1 Å². The normalized spacial score (nSPS) is 16.1. The minimum absolute atomic E-state index is 0.226. The van der Waals surface area contributed by atoms with E-state index in [9.17, 15) is 15.0 Å². The van der Waals surface area contributed by atoms with E-state index in [1.54, 1.807) is 36.7 Å². The molecule has 1 unspecified atom stereocenters. The molecule has 0 radical (unpaired) electrons. The highest BCUT2D eigenvalue weighted by Gasteiger charge is 2.26. The lowest BCUT2D eigenvalue weighted by atomic mass is 9.86. The number of benzene rings is 2. The molecule has 9 nitrogen and oxygen atoms in total. The van der Waals surface area contributed by atoms with Crippen LogP contribution in [0.25, 0.3) is 22.2 Å². The molecule has 1 aliphatic carbocycles. The Labute approximate surface area is 223 Å². The Kier molecular flexibility index (Phi) is 6.06. The average Bonchev–Trinajstić information content (AvgIpc) is 3.51. The Morgan fingerprint density at radius 1 is 1.24 bits per heavy atom.